The highest BCUT2D eigenvalue weighted by Crippen LogP contribution is 2.20. The lowest BCUT2D eigenvalue weighted by molar-refractivity contribution is 0.297. The molecule has 1 aromatic carbocycles. The van der Waals surface area contributed by atoms with E-state index in [0.29, 0.717) is 21.9 Å². The van der Waals surface area contributed by atoms with Gasteiger partial charge in [-0.2, -0.15) is 0 Å². The van der Waals surface area contributed by atoms with Crippen molar-refractivity contribution < 1.29 is 22.6 Å². The van der Waals surface area contributed by atoms with Crippen LogP contribution in [-0.4, -0.2) is 62.1 Å². The number of halogens is 1. The topological polar surface area (TPSA) is 168 Å². The van der Waals surface area contributed by atoms with Gasteiger partial charge in [-0.05, 0) is 28.5 Å². The third kappa shape index (κ3) is 6.42. The zero-order valence-corrected chi connectivity index (χ0v) is 16.5. The van der Waals surface area contributed by atoms with Gasteiger partial charge in [0.1, 0.15) is 13.7 Å². The molecule has 2 rings (SSSR count). The maximum atomic E-state index is 13.4. The van der Waals surface area contributed by atoms with Crippen LogP contribution in [0, 0.1) is 5.82 Å². The van der Waals surface area contributed by atoms with Crippen LogP contribution in [-0.2, 0) is 10.0 Å². The van der Waals surface area contributed by atoms with E-state index >= 15 is 0 Å². The number of rotatable bonds is 7. The summed E-state index contributed by atoms with van der Waals surface area (Å²) in [7, 11) is -1.98. The van der Waals surface area contributed by atoms with E-state index < -0.39 is 10.0 Å². The van der Waals surface area contributed by atoms with Gasteiger partial charge in [0.25, 0.3) is 10.0 Å². The molecule has 1 aromatic heterocycles. The van der Waals surface area contributed by atoms with Gasteiger partial charge in [-0.15, -0.1) is 4.40 Å². The van der Waals surface area contributed by atoms with Gasteiger partial charge in [0.15, 0.2) is 10.7 Å². The Morgan fingerprint density at radius 1 is 1.46 bits per heavy atom. The van der Waals surface area contributed by atoms with Gasteiger partial charge in [0.2, 0.25) is 11.8 Å². The van der Waals surface area contributed by atoms with Gasteiger partial charge in [-0.3, -0.25) is 0 Å². The molecule has 2 aromatic rings. The number of thioether (sulfide) groups is 1. The second-order valence-corrected chi connectivity index (χ2v) is 8.17. The number of sulfonamides is 1. The standard InChI is InChI=1S/C13H17BFN7O4S2/c1-28(24,25)22-13(16)17-4-5-27-12-10(20-26-21-12)11(19-23)18-7-2-3-9(15)8(14)6-7/h2-3,6,23H,4-5,14H2,1H3,(H,18,19)(H3,16,17,22). The summed E-state index contributed by atoms with van der Waals surface area (Å²) in [4.78, 5) is 0. The Morgan fingerprint density at radius 3 is 2.86 bits per heavy atom. The Labute approximate surface area is 165 Å². The molecular weight excluding hydrogens is 412 g/mol. The summed E-state index contributed by atoms with van der Waals surface area (Å²) in [6.45, 7) is 0.276. The number of hydrogen-bond acceptors (Lipinski definition) is 8. The van der Waals surface area contributed by atoms with Gasteiger partial charge in [-0.25, -0.2) is 17.4 Å². The van der Waals surface area contributed by atoms with E-state index in [1.165, 1.54) is 30.0 Å². The normalized spacial score (nSPS) is 12.8. The van der Waals surface area contributed by atoms with Crippen LogP contribution in [0.4, 0.5) is 10.1 Å². The number of guanidine groups is 1. The lowest BCUT2D eigenvalue weighted by Crippen LogP contribution is -2.34. The number of aromatic nitrogens is 2. The van der Waals surface area contributed by atoms with E-state index in [-0.39, 0.29) is 29.9 Å². The summed E-state index contributed by atoms with van der Waals surface area (Å²) in [5, 5.41) is 25.6. The molecule has 0 saturated carbocycles. The van der Waals surface area contributed by atoms with Gasteiger partial charge in [0, 0.05) is 18.0 Å². The summed E-state index contributed by atoms with van der Waals surface area (Å²) in [6, 6.07) is 4.29. The summed E-state index contributed by atoms with van der Waals surface area (Å²) < 4.78 is 43.3. The van der Waals surface area contributed by atoms with Crippen molar-refractivity contribution >= 4 is 52.6 Å². The van der Waals surface area contributed by atoms with Crippen LogP contribution in [0.1, 0.15) is 5.69 Å². The number of oxime groups is 1. The first-order chi connectivity index (χ1) is 13.2. The van der Waals surface area contributed by atoms with Gasteiger partial charge < -0.3 is 21.6 Å². The minimum atomic E-state index is -3.58. The van der Waals surface area contributed by atoms with Gasteiger partial charge in [-0.1, -0.05) is 22.4 Å². The van der Waals surface area contributed by atoms with Crippen molar-refractivity contribution in [1.29, 1.82) is 0 Å². The van der Waals surface area contributed by atoms with E-state index in [1.807, 2.05) is 0 Å². The first kappa shape index (κ1) is 21.5. The van der Waals surface area contributed by atoms with Crippen LogP contribution in [0.5, 0.6) is 0 Å². The molecule has 0 aliphatic carbocycles. The third-order valence-electron chi connectivity index (χ3n) is 3.11. The minimum Gasteiger partial charge on any atom is -0.409 e. The number of nitrogens with zero attached hydrogens (tertiary/aromatic N) is 4. The molecule has 0 bridgehead atoms. The molecule has 0 aliphatic heterocycles. The van der Waals surface area contributed by atoms with Crippen LogP contribution >= 0.6 is 11.8 Å². The SMILES string of the molecule is Bc1cc(N/C(=N\O)c2nonc2SCCN/C(N)=N/S(C)(=O)=O)ccc1F. The van der Waals surface area contributed by atoms with Crippen LogP contribution in [0.15, 0.2) is 37.4 Å². The fourth-order valence-electron chi connectivity index (χ4n) is 1.95. The van der Waals surface area contributed by atoms with E-state index in [4.69, 9.17) is 10.4 Å². The third-order valence-corrected chi connectivity index (χ3v) is 4.59. The number of nitrogens with one attached hydrogen (secondary N) is 2. The fraction of sp³-hybridized carbons (Fsp3) is 0.231. The molecule has 1 heterocycles. The van der Waals surface area contributed by atoms with Gasteiger partial charge >= 0.3 is 0 Å². The molecule has 15 heteroatoms. The fourth-order valence-corrected chi connectivity index (χ4v) is 3.12. The summed E-state index contributed by atoms with van der Waals surface area (Å²) in [5.41, 5.74) is 6.48. The molecule has 0 saturated heterocycles. The maximum Gasteiger partial charge on any atom is 0.253 e. The molecule has 0 atom stereocenters. The molecule has 0 radical (unpaired) electrons. The second kappa shape index (κ2) is 9.41. The van der Waals surface area contributed by atoms with Crippen molar-refractivity contribution in [2.75, 3.05) is 23.9 Å². The van der Waals surface area contributed by atoms with Crippen LogP contribution < -0.4 is 21.8 Å². The average Bonchev–Trinajstić information content (AvgIpc) is 3.06. The van der Waals surface area contributed by atoms with Crippen LogP contribution in [0.2, 0.25) is 0 Å². The zero-order chi connectivity index (χ0) is 20.7. The quantitative estimate of drug-likeness (QED) is 0.0787. The molecule has 150 valence electrons. The molecule has 0 fully saturated rings. The van der Waals surface area contributed by atoms with Crippen molar-refractivity contribution in [2.45, 2.75) is 5.03 Å². The first-order valence-corrected chi connectivity index (χ1v) is 10.5. The van der Waals surface area contributed by atoms with E-state index in [2.05, 4.69) is 30.5 Å². The molecule has 0 aliphatic rings. The molecule has 0 amide bonds. The van der Waals surface area contributed by atoms with Crippen molar-refractivity contribution in [1.82, 2.24) is 15.6 Å². The van der Waals surface area contributed by atoms with E-state index in [1.54, 1.807) is 7.85 Å². The summed E-state index contributed by atoms with van der Waals surface area (Å²) in [6.07, 6.45) is 0.926. The largest absolute Gasteiger partial charge is 0.409 e. The van der Waals surface area contributed by atoms with Crippen molar-refractivity contribution in [2.24, 2.45) is 15.3 Å². The Hall–Kier alpha value is -2.81. The number of benzene rings is 1. The maximum absolute atomic E-state index is 13.4. The van der Waals surface area contributed by atoms with Crippen LogP contribution in [0.3, 0.4) is 0 Å². The molecule has 0 spiro atoms. The summed E-state index contributed by atoms with van der Waals surface area (Å²) in [5.74, 6) is -0.234. The Bertz CT molecular complexity index is 997. The molecule has 5 N–H and O–H groups in total. The lowest BCUT2D eigenvalue weighted by atomic mass is 9.95. The number of amidine groups is 1. The average molecular weight is 429 g/mol. The summed E-state index contributed by atoms with van der Waals surface area (Å²) >= 11 is 1.19. The molecule has 28 heavy (non-hydrogen) atoms. The van der Waals surface area contributed by atoms with Crippen molar-refractivity contribution in [3.8, 4) is 0 Å². The smallest absolute Gasteiger partial charge is 0.253 e. The monoisotopic (exact) mass is 429 g/mol. The number of anilines is 1. The highest BCUT2D eigenvalue weighted by atomic mass is 32.2. The predicted octanol–water partition coefficient (Wildman–Crippen LogP) is -1.33. The van der Waals surface area contributed by atoms with Crippen molar-refractivity contribution in [3.05, 3.63) is 29.7 Å². The molecular formula is C13H17BFN7O4S2. The zero-order valence-electron chi connectivity index (χ0n) is 14.9. The lowest BCUT2D eigenvalue weighted by Gasteiger charge is -2.08. The highest BCUT2D eigenvalue weighted by Gasteiger charge is 2.18. The van der Waals surface area contributed by atoms with Crippen LogP contribution in [0.25, 0.3) is 0 Å². The van der Waals surface area contributed by atoms with Crippen molar-refractivity contribution in [3.63, 3.8) is 0 Å². The predicted molar refractivity (Wildman–Crippen MR) is 106 cm³/mol. The van der Waals surface area contributed by atoms with E-state index in [0.717, 1.165) is 6.26 Å². The van der Waals surface area contributed by atoms with E-state index in [9.17, 15) is 18.0 Å². The van der Waals surface area contributed by atoms with Gasteiger partial charge in [0.05, 0.1) is 6.26 Å². The minimum absolute atomic E-state index is 0.0409. The first-order valence-electron chi connectivity index (χ1n) is 7.70. The highest BCUT2D eigenvalue weighted by molar-refractivity contribution is 7.99. The molecule has 0 unspecified atom stereocenters. The molecule has 11 nitrogen and oxygen atoms in total. The second-order valence-electron chi connectivity index (χ2n) is 5.44. The number of hydrogen-bond donors (Lipinski definition) is 4. The Balaban J connectivity index is 1.99. The number of nitrogens with two attached hydrogens (primary N) is 1. The Kier molecular flexibility index (Phi) is 7.22. The Morgan fingerprint density at radius 2 is 2.21 bits per heavy atom.